The van der Waals surface area contributed by atoms with E-state index >= 15 is 0 Å². The topological polar surface area (TPSA) is 74.6 Å². The summed E-state index contributed by atoms with van der Waals surface area (Å²) in [5.41, 5.74) is -2.31. The summed E-state index contributed by atoms with van der Waals surface area (Å²) in [6.45, 7) is 4.01. The predicted octanol–water partition coefficient (Wildman–Crippen LogP) is 3.86. The molecule has 0 spiro atoms. The lowest BCUT2D eigenvalue weighted by Gasteiger charge is -2.46. The number of carbonyl (C=O) groups is 2. The summed E-state index contributed by atoms with van der Waals surface area (Å²) in [7, 11) is 0. The van der Waals surface area contributed by atoms with Gasteiger partial charge in [0, 0.05) is 0 Å². The van der Waals surface area contributed by atoms with Gasteiger partial charge in [0.05, 0.1) is 10.8 Å². The summed E-state index contributed by atoms with van der Waals surface area (Å²) in [5, 5.41) is 19.6. The second kappa shape index (κ2) is 6.91. The van der Waals surface area contributed by atoms with Crippen LogP contribution >= 0.6 is 0 Å². The first-order valence-electron chi connectivity index (χ1n) is 7.58. The molecule has 0 saturated carbocycles. The number of hydrogen-bond acceptors (Lipinski definition) is 2. The summed E-state index contributed by atoms with van der Waals surface area (Å²) in [5.74, 6) is -1.90. The van der Waals surface area contributed by atoms with Gasteiger partial charge >= 0.3 is 11.9 Å². The number of carboxylic acid groups (broad SMARTS) is 2. The Kier molecular flexibility index (Phi) is 5.78. The maximum atomic E-state index is 12.0. The van der Waals surface area contributed by atoms with Crippen molar-refractivity contribution in [2.75, 3.05) is 0 Å². The van der Waals surface area contributed by atoms with E-state index in [2.05, 4.69) is 0 Å². The van der Waals surface area contributed by atoms with Crippen LogP contribution < -0.4 is 0 Å². The van der Waals surface area contributed by atoms with Crippen molar-refractivity contribution in [3.63, 3.8) is 0 Å². The number of hydrogen-bond donors (Lipinski definition) is 2. The highest BCUT2D eigenvalue weighted by atomic mass is 16.4. The normalized spacial score (nSPS) is 29.3. The van der Waals surface area contributed by atoms with Crippen LogP contribution in [0.25, 0.3) is 0 Å². The molecule has 0 aromatic heterocycles. The lowest BCUT2D eigenvalue weighted by Crippen LogP contribution is -2.53. The molecule has 0 bridgehead atoms. The van der Waals surface area contributed by atoms with Crippen molar-refractivity contribution in [1.82, 2.24) is 0 Å². The third kappa shape index (κ3) is 2.74. The average molecular weight is 282 g/mol. The molecule has 1 aliphatic rings. The van der Waals surface area contributed by atoms with Crippen molar-refractivity contribution in [1.29, 1.82) is 0 Å². The Morgan fingerprint density at radius 3 is 1.50 bits per heavy atom. The van der Waals surface area contributed by atoms with Crippen molar-refractivity contribution in [3.05, 3.63) is 12.2 Å². The Morgan fingerprint density at radius 2 is 1.25 bits per heavy atom. The summed E-state index contributed by atoms with van der Waals surface area (Å²) in [4.78, 5) is 23.9. The molecule has 1 rings (SSSR count). The molecule has 0 aromatic carbocycles. The van der Waals surface area contributed by atoms with E-state index in [9.17, 15) is 19.8 Å². The zero-order chi connectivity index (χ0) is 15.2. The Labute approximate surface area is 120 Å². The average Bonchev–Trinajstić information content (AvgIpc) is 2.43. The Balaban J connectivity index is 3.28. The van der Waals surface area contributed by atoms with Crippen LogP contribution in [0.5, 0.6) is 0 Å². The molecule has 4 nitrogen and oxygen atoms in total. The van der Waals surface area contributed by atoms with E-state index in [1.165, 1.54) is 0 Å². The quantitative estimate of drug-likeness (QED) is 0.663. The third-order valence-corrected chi connectivity index (χ3v) is 4.75. The van der Waals surface area contributed by atoms with Gasteiger partial charge in [0.15, 0.2) is 0 Å². The van der Waals surface area contributed by atoms with Gasteiger partial charge in [0.2, 0.25) is 0 Å². The molecule has 0 aromatic rings. The fourth-order valence-electron chi connectivity index (χ4n) is 3.40. The van der Waals surface area contributed by atoms with Gasteiger partial charge in [-0.2, -0.15) is 0 Å². The van der Waals surface area contributed by atoms with Gasteiger partial charge in [-0.05, 0) is 25.7 Å². The molecule has 0 radical (unpaired) electrons. The maximum Gasteiger partial charge on any atom is 0.311 e. The highest BCUT2D eigenvalue weighted by molar-refractivity contribution is 5.87. The molecule has 114 valence electrons. The van der Waals surface area contributed by atoms with E-state index in [4.69, 9.17) is 0 Å². The molecule has 20 heavy (non-hydrogen) atoms. The molecular weight excluding hydrogens is 256 g/mol. The van der Waals surface area contributed by atoms with Crippen LogP contribution in [0.3, 0.4) is 0 Å². The molecule has 4 heteroatoms. The number of allylic oxidation sites excluding steroid dienone is 2. The summed E-state index contributed by atoms with van der Waals surface area (Å²) < 4.78 is 0. The van der Waals surface area contributed by atoms with Crippen LogP contribution in [0.1, 0.15) is 65.2 Å². The van der Waals surface area contributed by atoms with E-state index < -0.39 is 22.8 Å². The maximum absolute atomic E-state index is 12.0. The zero-order valence-corrected chi connectivity index (χ0v) is 12.5. The Morgan fingerprint density at radius 1 is 0.900 bits per heavy atom. The van der Waals surface area contributed by atoms with Crippen LogP contribution in [-0.4, -0.2) is 22.2 Å². The van der Waals surface area contributed by atoms with Gasteiger partial charge in [-0.25, -0.2) is 0 Å². The van der Waals surface area contributed by atoms with Crippen LogP contribution in [0.15, 0.2) is 12.2 Å². The lowest BCUT2D eigenvalue weighted by atomic mass is 9.54. The third-order valence-electron chi connectivity index (χ3n) is 4.75. The van der Waals surface area contributed by atoms with Crippen molar-refractivity contribution in [3.8, 4) is 0 Å². The van der Waals surface area contributed by atoms with Crippen LogP contribution in [-0.2, 0) is 9.59 Å². The highest BCUT2D eigenvalue weighted by Gasteiger charge is 2.60. The number of rotatable bonds is 8. The minimum Gasteiger partial charge on any atom is -0.481 e. The minimum absolute atomic E-state index is 0.332. The second-order valence-corrected chi connectivity index (χ2v) is 5.86. The van der Waals surface area contributed by atoms with E-state index in [0.717, 1.165) is 25.7 Å². The molecule has 0 fully saturated rings. The lowest BCUT2D eigenvalue weighted by molar-refractivity contribution is -0.177. The van der Waals surface area contributed by atoms with E-state index in [0.29, 0.717) is 25.7 Å². The molecule has 2 N–H and O–H groups in total. The highest BCUT2D eigenvalue weighted by Crippen LogP contribution is 2.54. The standard InChI is InChI=1S/C16H26O4/c1-3-5-9-15(13(17)18)11-7-8-12-16(15,14(19)20)10-6-4-2/h7-8H,3-6,9-12H2,1-2H3,(H,17,18)(H,19,20)/t15-,16-/m1/s1. The van der Waals surface area contributed by atoms with Crippen LogP contribution in [0.2, 0.25) is 0 Å². The van der Waals surface area contributed by atoms with Gasteiger partial charge in [-0.1, -0.05) is 51.7 Å². The van der Waals surface area contributed by atoms with Gasteiger partial charge < -0.3 is 10.2 Å². The number of aliphatic carboxylic acids is 2. The van der Waals surface area contributed by atoms with Crippen LogP contribution in [0.4, 0.5) is 0 Å². The first-order valence-corrected chi connectivity index (χ1v) is 7.58. The molecule has 0 unspecified atom stereocenters. The first-order chi connectivity index (χ1) is 9.47. The van der Waals surface area contributed by atoms with Crippen LogP contribution in [0, 0.1) is 10.8 Å². The summed E-state index contributed by atoms with van der Waals surface area (Å²) in [6, 6.07) is 0. The van der Waals surface area contributed by atoms with Crippen molar-refractivity contribution in [2.45, 2.75) is 65.2 Å². The minimum atomic E-state index is -1.15. The molecule has 0 saturated heterocycles. The van der Waals surface area contributed by atoms with E-state index in [1.807, 2.05) is 26.0 Å². The van der Waals surface area contributed by atoms with E-state index in [1.54, 1.807) is 0 Å². The monoisotopic (exact) mass is 282 g/mol. The molecular formula is C16H26O4. The van der Waals surface area contributed by atoms with Crippen molar-refractivity contribution >= 4 is 11.9 Å². The van der Waals surface area contributed by atoms with Gasteiger partial charge in [-0.15, -0.1) is 0 Å². The van der Waals surface area contributed by atoms with Crippen molar-refractivity contribution in [2.24, 2.45) is 10.8 Å². The number of unbranched alkanes of at least 4 members (excludes halogenated alkanes) is 2. The zero-order valence-electron chi connectivity index (χ0n) is 12.5. The second-order valence-electron chi connectivity index (χ2n) is 5.86. The summed E-state index contributed by atoms with van der Waals surface area (Å²) in [6.07, 6.45) is 8.50. The van der Waals surface area contributed by atoms with E-state index in [-0.39, 0.29) is 0 Å². The van der Waals surface area contributed by atoms with Gasteiger partial charge in [0.25, 0.3) is 0 Å². The Hall–Kier alpha value is -1.32. The summed E-state index contributed by atoms with van der Waals surface area (Å²) >= 11 is 0. The molecule has 0 amide bonds. The van der Waals surface area contributed by atoms with Gasteiger partial charge in [-0.3, -0.25) is 9.59 Å². The number of carboxylic acids is 2. The SMILES string of the molecule is CCCC[C@]1(C(=O)O)CC=CC[C@]1(CCCC)C(=O)O. The predicted molar refractivity (Wildman–Crippen MR) is 77.6 cm³/mol. The molecule has 2 atom stereocenters. The molecule has 0 heterocycles. The van der Waals surface area contributed by atoms with Gasteiger partial charge in [0.1, 0.15) is 0 Å². The smallest absolute Gasteiger partial charge is 0.311 e. The largest absolute Gasteiger partial charge is 0.481 e. The Bertz CT molecular complexity index is 352. The molecule has 0 aliphatic heterocycles. The fraction of sp³-hybridized carbons (Fsp3) is 0.750. The fourth-order valence-corrected chi connectivity index (χ4v) is 3.40. The molecule has 1 aliphatic carbocycles. The first kappa shape index (κ1) is 16.7. The van der Waals surface area contributed by atoms with Crippen molar-refractivity contribution < 1.29 is 19.8 Å².